The summed E-state index contributed by atoms with van der Waals surface area (Å²) in [4.78, 5) is 2.03. The van der Waals surface area contributed by atoms with E-state index in [9.17, 15) is 14.6 Å². The van der Waals surface area contributed by atoms with Crippen LogP contribution in [0.5, 0.6) is 11.5 Å². The summed E-state index contributed by atoms with van der Waals surface area (Å²) in [5.74, 6) is 0.399. The van der Waals surface area contributed by atoms with Crippen molar-refractivity contribution in [3.8, 4) is 11.5 Å². The third-order valence-corrected chi connectivity index (χ3v) is 6.34. The maximum absolute atomic E-state index is 13.2. The van der Waals surface area contributed by atoms with Crippen LogP contribution in [0.2, 0.25) is 0 Å². The fourth-order valence-corrected chi connectivity index (χ4v) is 4.72. The average Bonchev–Trinajstić information content (AvgIpc) is 3.15. The molecule has 4 rings (SSSR count). The Balaban J connectivity index is 1.55. The Morgan fingerprint density at radius 2 is 1.82 bits per heavy atom. The van der Waals surface area contributed by atoms with Crippen molar-refractivity contribution < 1.29 is 19.3 Å². The number of anilines is 1. The number of para-hydroxylation sites is 1. The Labute approximate surface area is 198 Å². The third-order valence-electron chi connectivity index (χ3n) is 6.03. The molecule has 1 aliphatic rings. The molecule has 172 valence electrons. The molecule has 3 unspecified atom stereocenters. The zero-order valence-electron chi connectivity index (χ0n) is 18.3. The number of methoxy groups -OCH3 is 1. The maximum atomic E-state index is 13.2. The zero-order chi connectivity index (χ0) is 23.4. The highest BCUT2D eigenvalue weighted by atomic mass is 32.1. The third kappa shape index (κ3) is 5.10. The van der Waals surface area contributed by atoms with Crippen molar-refractivity contribution in [2.24, 2.45) is 0 Å². The van der Waals surface area contributed by atoms with Crippen LogP contribution in [0.25, 0.3) is 0 Å². The number of aliphatic hydroxyl groups is 1. The lowest BCUT2D eigenvalue weighted by molar-refractivity contribution is 0.162. The topological polar surface area (TPSA) is 65.0 Å². The summed E-state index contributed by atoms with van der Waals surface area (Å²) in [7, 11) is 1.56. The first-order valence-corrected chi connectivity index (χ1v) is 11.3. The normalized spacial score (nSPS) is 18.8. The van der Waals surface area contributed by atoms with Crippen molar-refractivity contribution in [1.29, 1.82) is 0 Å². The van der Waals surface area contributed by atoms with Crippen LogP contribution in [0, 0.1) is 5.82 Å². The summed E-state index contributed by atoms with van der Waals surface area (Å²) >= 11 is 5.68. The number of thiocarbonyl (C=S) groups is 1. The van der Waals surface area contributed by atoms with E-state index in [0.717, 1.165) is 24.1 Å². The van der Waals surface area contributed by atoms with Gasteiger partial charge in [0.25, 0.3) is 0 Å². The number of nitrogens with one attached hydrogen (secondary N) is 1. The van der Waals surface area contributed by atoms with E-state index in [1.165, 1.54) is 12.1 Å². The molecule has 0 amide bonds. The molecular formula is C26H27FN2O3S. The zero-order valence-corrected chi connectivity index (χ0v) is 19.1. The standard InChI is InChI=1S/C26H27FN2O3S/c1-32-20-14-15-21(24(31)16-20)25-22(28-26(33)29(25)19-6-3-2-4-7-19)8-5-9-23(30)17-10-12-18(27)13-11-17/h2-4,6-7,10-16,22-23,25,30-31H,5,8-9H2,1H3,(H,28,33). The summed E-state index contributed by atoms with van der Waals surface area (Å²) in [6.07, 6.45) is 1.30. The SMILES string of the molecule is COc1ccc(C2C(CCCC(O)c3ccc(F)cc3)NC(=S)N2c2ccccc2)c(O)c1. The quantitative estimate of drug-likeness (QED) is 0.394. The molecule has 3 aromatic carbocycles. The minimum atomic E-state index is -0.669. The van der Waals surface area contributed by atoms with E-state index >= 15 is 0 Å². The van der Waals surface area contributed by atoms with Crippen LogP contribution in [0.15, 0.2) is 72.8 Å². The van der Waals surface area contributed by atoms with Gasteiger partial charge in [-0.15, -0.1) is 0 Å². The van der Waals surface area contributed by atoms with Gasteiger partial charge in [0.15, 0.2) is 5.11 Å². The molecule has 1 heterocycles. The summed E-state index contributed by atoms with van der Waals surface area (Å²) in [5.41, 5.74) is 2.38. The van der Waals surface area contributed by atoms with E-state index in [1.54, 1.807) is 25.3 Å². The molecule has 0 saturated carbocycles. The monoisotopic (exact) mass is 466 g/mol. The first-order valence-electron chi connectivity index (χ1n) is 10.9. The summed E-state index contributed by atoms with van der Waals surface area (Å²) in [6, 6.07) is 20.8. The van der Waals surface area contributed by atoms with Gasteiger partial charge in [0, 0.05) is 17.3 Å². The lowest BCUT2D eigenvalue weighted by Gasteiger charge is -2.29. The number of phenols is 1. The number of ether oxygens (including phenoxy) is 1. The molecule has 7 heteroatoms. The van der Waals surface area contributed by atoms with Crippen molar-refractivity contribution in [2.75, 3.05) is 12.0 Å². The maximum Gasteiger partial charge on any atom is 0.174 e. The molecule has 1 saturated heterocycles. The molecule has 33 heavy (non-hydrogen) atoms. The molecule has 3 N–H and O–H groups in total. The highest BCUT2D eigenvalue weighted by Crippen LogP contribution is 2.41. The second-order valence-corrected chi connectivity index (χ2v) is 8.52. The number of hydrogen-bond acceptors (Lipinski definition) is 4. The molecule has 0 bridgehead atoms. The van der Waals surface area contributed by atoms with Gasteiger partial charge >= 0.3 is 0 Å². The minimum absolute atomic E-state index is 0.0718. The van der Waals surface area contributed by atoms with Gasteiger partial charge < -0.3 is 25.2 Å². The van der Waals surface area contributed by atoms with Crippen LogP contribution in [0.1, 0.15) is 42.5 Å². The molecule has 0 aromatic heterocycles. The predicted octanol–water partition coefficient (Wildman–Crippen LogP) is 5.25. The molecule has 1 fully saturated rings. The summed E-state index contributed by atoms with van der Waals surface area (Å²) in [6.45, 7) is 0. The highest BCUT2D eigenvalue weighted by molar-refractivity contribution is 7.80. The lowest BCUT2D eigenvalue weighted by Crippen LogP contribution is -2.29. The molecule has 3 atom stereocenters. The van der Waals surface area contributed by atoms with Crippen LogP contribution >= 0.6 is 12.2 Å². The van der Waals surface area contributed by atoms with Crippen molar-refractivity contribution in [2.45, 2.75) is 37.5 Å². The van der Waals surface area contributed by atoms with Gasteiger partial charge in [-0.3, -0.25) is 0 Å². The predicted molar refractivity (Wildman–Crippen MR) is 131 cm³/mol. The van der Waals surface area contributed by atoms with Gasteiger partial charge in [0.2, 0.25) is 0 Å². The molecule has 0 spiro atoms. The van der Waals surface area contributed by atoms with E-state index in [2.05, 4.69) is 5.32 Å². The fraction of sp³-hybridized carbons (Fsp3) is 0.269. The number of halogens is 1. The van der Waals surface area contributed by atoms with E-state index in [1.807, 2.05) is 47.4 Å². The van der Waals surface area contributed by atoms with E-state index < -0.39 is 6.10 Å². The number of nitrogens with zero attached hydrogens (tertiary/aromatic N) is 1. The fourth-order valence-electron chi connectivity index (χ4n) is 4.35. The van der Waals surface area contributed by atoms with Gasteiger partial charge in [-0.25, -0.2) is 4.39 Å². The highest BCUT2D eigenvalue weighted by Gasteiger charge is 2.40. The van der Waals surface area contributed by atoms with E-state index in [-0.39, 0.29) is 23.7 Å². The minimum Gasteiger partial charge on any atom is -0.507 e. The second kappa shape index (κ2) is 10.2. The van der Waals surface area contributed by atoms with Crippen LogP contribution in [0.3, 0.4) is 0 Å². The number of hydrogen-bond donors (Lipinski definition) is 3. The Morgan fingerprint density at radius 3 is 2.48 bits per heavy atom. The number of benzene rings is 3. The van der Waals surface area contributed by atoms with Gasteiger partial charge in [-0.05, 0) is 73.4 Å². The van der Waals surface area contributed by atoms with Crippen LogP contribution in [-0.4, -0.2) is 28.5 Å². The van der Waals surface area contributed by atoms with Gasteiger partial charge in [-0.1, -0.05) is 30.3 Å². The number of rotatable bonds is 8. The van der Waals surface area contributed by atoms with Gasteiger partial charge in [-0.2, -0.15) is 0 Å². The smallest absolute Gasteiger partial charge is 0.174 e. The van der Waals surface area contributed by atoms with Gasteiger partial charge in [0.05, 0.1) is 25.3 Å². The Kier molecular flexibility index (Phi) is 7.11. The van der Waals surface area contributed by atoms with E-state index in [4.69, 9.17) is 17.0 Å². The first-order chi connectivity index (χ1) is 16.0. The summed E-state index contributed by atoms with van der Waals surface area (Å²) in [5, 5.41) is 25.3. The number of aromatic hydroxyl groups is 1. The molecular weight excluding hydrogens is 439 g/mol. The van der Waals surface area contributed by atoms with Crippen LogP contribution in [0.4, 0.5) is 10.1 Å². The molecule has 3 aromatic rings. The lowest BCUT2D eigenvalue weighted by atomic mass is 9.93. The number of phenolic OH excluding ortho intramolecular Hbond substituents is 1. The van der Waals surface area contributed by atoms with Crippen molar-refractivity contribution in [1.82, 2.24) is 5.32 Å². The van der Waals surface area contributed by atoms with Crippen LogP contribution in [-0.2, 0) is 0 Å². The van der Waals surface area contributed by atoms with Crippen molar-refractivity contribution in [3.05, 3.63) is 89.7 Å². The Morgan fingerprint density at radius 1 is 1.09 bits per heavy atom. The largest absolute Gasteiger partial charge is 0.507 e. The van der Waals surface area contributed by atoms with Crippen molar-refractivity contribution >= 4 is 23.0 Å². The second-order valence-electron chi connectivity index (χ2n) is 8.13. The Hall–Kier alpha value is -3.16. The van der Waals surface area contributed by atoms with Crippen molar-refractivity contribution in [3.63, 3.8) is 0 Å². The molecule has 0 radical (unpaired) electrons. The first kappa shape index (κ1) is 23.0. The van der Waals surface area contributed by atoms with E-state index in [0.29, 0.717) is 22.8 Å². The molecule has 0 aliphatic carbocycles. The number of aliphatic hydroxyl groups excluding tert-OH is 1. The van der Waals surface area contributed by atoms with Gasteiger partial charge in [0.1, 0.15) is 17.3 Å². The molecule has 5 nitrogen and oxygen atoms in total. The average molecular weight is 467 g/mol. The summed E-state index contributed by atoms with van der Waals surface area (Å²) < 4.78 is 18.4. The van der Waals surface area contributed by atoms with Crippen LogP contribution < -0.4 is 15.0 Å². The molecule has 1 aliphatic heterocycles. The Bertz CT molecular complexity index is 1090.